The summed E-state index contributed by atoms with van der Waals surface area (Å²) < 4.78 is 1.02. The molecule has 0 fully saturated rings. The molecule has 0 saturated carbocycles. The van der Waals surface area contributed by atoms with E-state index in [9.17, 15) is 0 Å². The molecule has 70 valence electrons. The Labute approximate surface area is 91.6 Å². The summed E-state index contributed by atoms with van der Waals surface area (Å²) in [4.78, 5) is 2.20. The number of rotatable bonds is 4. The monoisotopic (exact) mass is 297 g/mol. The van der Waals surface area contributed by atoms with Gasteiger partial charge in [0.15, 0.2) is 0 Å². The van der Waals surface area contributed by atoms with Crippen LogP contribution in [0, 0.1) is 5.92 Å². The lowest BCUT2D eigenvalue weighted by Gasteiger charge is -2.16. The van der Waals surface area contributed by atoms with E-state index in [4.69, 9.17) is 0 Å². The summed E-state index contributed by atoms with van der Waals surface area (Å²) >= 11 is 2.35. The van der Waals surface area contributed by atoms with Gasteiger partial charge in [0.2, 0.25) is 0 Å². The number of alkyl halides is 1. The van der Waals surface area contributed by atoms with Crippen molar-refractivity contribution in [3.63, 3.8) is 0 Å². The molecule has 0 aromatic carbocycles. The third-order valence-corrected chi connectivity index (χ3v) is 3.21. The van der Waals surface area contributed by atoms with Crippen molar-refractivity contribution in [1.29, 1.82) is 0 Å². The van der Waals surface area contributed by atoms with Crippen LogP contribution in [0.25, 0.3) is 0 Å². The lowest BCUT2D eigenvalue weighted by Crippen LogP contribution is -2.11. The molecule has 0 spiro atoms. The maximum atomic E-state index is 2.76. The van der Waals surface area contributed by atoms with Crippen molar-refractivity contribution in [3.8, 4) is 0 Å². The van der Waals surface area contributed by atoms with E-state index in [-0.39, 0.29) is 0 Å². The lowest BCUT2D eigenvalue weighted by molar-refractivity contribution is 0.534. The van der Waals surface area contributed by atoms with Crippen molar-refractivity contribution in [2.75, 3.05) is 11.6 Å². The van der Waals surface area contributed by atoms with Gasteiger partial charge in [-0.05, 0) is 12.8 Å². The zero-order valence-corrected chi connectivity index (χ0v) is 11.2. The zero-order chi connectivity index (χ0) is 9.56. The summed E-state index contributed by atoms with van der Waals surface area (Å²) in [6.45, 7) is 4.24. The minimum Gasteiger partial charge on any atom is -0.366 e. The van der Waals surface area contributed by atoms with E-state index in [1.165, 1.54) is 5.44 Å². The average molecular weight is 297 g/mol. The van der Waals surface area contributed by atoms with Gasteiger partial charge in [-0.15, -0.1) is 0 Å². The van der Waals surface area contributed by atoms with Gasteiger partial charge >= 0.3 is 0 Å². The average Bonchev–Trinajstić information content (AvgIpc) is 2.03. The summed E-state index contributed by atoms with van der Waals surface area (Å²) in [5, 5.41) is 0. The van der Waals surface area contributed by atoms with E-state index in [0.29, 0.717) is 5.92 Å². The molecular formula is C9H17INP. The number of allylic oxidation sites excluding steroid dienone is 3. The molecule has 1 nitrogen and oxygen atoms in total. The van der Waals surface area contributed by atoms with Crippen LogP contribution in [0.3, 0.4) is 0 Å². The molecule has 0 N–H and O–H groups in total. The fraction of sp³-hybridized carbons (Fsp3) is 0.556. The normalized spacial score (nSPS) is 15.2. The summed E-state index contributed by atoms with van der Waals surface area (Å²) in [6, 6.07) is 0. The van der Waals surface area contributed by atoms with Crippen molar-refractivity contribution in [1.82, 2.24) is 4.90 Å². The predicted octanol–water partition coefficient (Wildman–Crippen LogP) is 3.24. The zero-order valence-electron chi connectivity index (χ0n) is 7.92. The molecule has 0 aliphatic heterocycles. The fourth-order valence-electron chi connectivity index (χ4n) is 0.825. The van der Waals surface area contributed by atoms with Gasteiger partial charge in [-0.1, -0.05) is 57.0 Å². The van der Waals surface area contributed by atoms with Gasteiger partial charge in [0, 0.05) is 12.5 Å². The van der Waals surface area contributed by atoms with Crippen molar-refractivity contribution >= 4 is 31.8 Å². The molecule has 0 aromatic heterocycles. The summed E-state index contributed by atoms with van der Waals surface area (Å²) in [7, 11) is 4.85. The summed E-state index contributed by atoms with van der Waals surface area (Å²) in [5.74, 6) is 0.521. The van der Waals surface area contributed by atoms with E-state index in [1.807, 2.05) is 0 Å². The quantitative estimate of drug-likeness (QED) is 0.253. The summed E-state index contributed by atoms with van der Waals surface area (Å²) in [5.41, 5.74) is 1.26. The number of halogens is 1. The predicted molar refractivity (Wildman–Crippen MR) is 68.4 cm³/mol. The Kier molecular flexibility index (Phi) is 7.16. The number of hydrogen-bond acceptors (Lipinski definition) is 1. The Morgan fingerprint density at radius 1 is 1.67 bits per heavy atom. The largest absolute Gasteiger partial charge is 0.366 e. The molecule has 2 atom stereocenters. The molecule has 0 aliphatic rings. The molecule has 0 amide bonds. The van der Waals surface area contributed by atoms with Crippen LogP contribution in [-0.2, 0) is 0 Å². The Bertz CT molecular complexity index is 177. The van der Waals surface area contributed by atoms with E-state index in [1.54, 1.807) is 0 Å². The molecule has 0 rings (SSSR count). The molecule has 0 aromatic rings. The van der Waals surface area contributed by atoms with Crippen molar-refractivity contribution in [2.24, 2.45) is 5.92 Å². The van der Waals surface area contributed by atoms with E-state index < -0.39 is 0 Å². The summed E-state index contributed by atoms with van der Waals surface area (Å²) in [6.07, 6.45) is 6.51. The Morgan fingerprint density at radius 3 is 2.67 bits per heavy atom. The minimum atomic E-state index is 0.521. The highest BCUT2D eigenvalue weighted by molar-refractivity contribution is 14.1. The van der Waals surface area contributed by atoms with Gasteiger partial charge < -0.3 is 4.90 Å². The van der Waals surface area contributed by atoms with Crippen LogP contribution in [0.4, 0.5) is 0 Å². The van der Waals surface area contributed by atoms with E-state index in [0.717, 1.165) is 4.55 Å². The number of hydrogen-bond donors (Lipinski definition) is 0. The molecule has 0 radical (unpaired) electrons. The highest BCUT2D eigenvalue weighted by atomic mass is 127. The maximum absolute atomic E-state index is 2.76. The van der Waals surface area contributed by atoms with Gasteiger partial charge in [0.25, 0.3) is 0 Å². The fourth-order valence-corrected chi connectivity index (χ4v) is 1.99. The standard InChI is InChI=1S/C9H17INP/c1-4-5-8(2)6-9(12)11(3)7-10/h4-6,8H,7,12H2,1-3H3/b5-4?,9-6+. The van der Waals surface area contributed by atoms with Crippen LogP contribution in [-0.4, -0.2) is 16.5 Å². The first-order valence-electron chi connectivity index (χ1n) is 3.99. The molecule has 3 heteroatoms. The van der Waals surface area contributed by atoms with E-state index >= 15 is 0 Å². The Balaban J connectivity index is 4.14. The first kappa shape index (κ1) is 12.4. The third kappa shape index (κ3) is 5.15. The highest BCUT2D eigenvalue weighted by Crippen LogP contribution is 2.15. The smallest absolute Gasteiger partial charge is 0.0696 e. The van der Waals surface area contributed by atoms with Crippen LogP contribution in [0.2, 0.25) is 0 Å². The van der Waals surface area contributed by atoms with Crippen LogP contribution < -0.4 is 0 Å². The SMILES string of the molecule is CC=CC(C)/C=C(/P)N(C)CI. The van der Waals surface area contributed by atoms with Crippen LogP contribution in [0.15, 0.2) is 23.7 Å². The van der Waals surface area contributed by atoms with Gasteiger partial charge in [0.05, 0.1) is 4.55 Å². The van der Waals surface area contributed by atoms with Crippen molar-refractivity contribution < 1.29 is 0 Å². The molecule has 0 aliphatic carbocycles. The highest BCUT2D eigenvalue weighted by Gasteiger charge is 1.97. The molecule has 2 unspecified atom stereocenters. The second-order valence-electron chi connectivity index (χ2n) is 2.79. The first-order chi connectivity index (χ1) is 5.61. The third-order valence-electron chi connectivity index (χ3n) is 1.55. The molecular weight excluding hydrogens is 280 g/mol. The molecule has 0 heterocycles. The van der Waals surface area contributed by atoms with Gasteiger partial charge in [-0.25, -0.2) is 0 Å². The topological polar surface area (TPSA) is 3.24 Å². The lowest BCUT2D eigenvalue weighted by atomic mass is 10.1. The second-order valence-corrected chi connectivity index (χ2v) is 4.07. The van der Waals surface area contributed by atoms with Gasteiger partial charge in [-0.2, -0.15) is 0 Å². The van der Waals surface area contributed by atoms with Crippen LogP contribution in [0.5, 0.6) is 0 Å². The van der Waals surface area contributed by atoms with Crippen LogP contribution in [0.1, 0.15) is 13.8 Å². The second kappa shape index (κ2) is 6.90. The van der Waals surface area contributed by atoms with Crippen molar-refractivity contribution in [3.05, 3.63) is 23.7 Å². The van der Waals surface area contributed by atoms with E-state index in [2.05, 4.69) is 75.9 Å². The first-order valence-corrected chi connectivity index (χ1v) is 6.09. The number of nitrogens with zero attached hydrogens (tertiary/aromatic N) is 1. The van der Waals surface area contributed by atoms with Gasteiger partial charge in [0.1, 0.15) is 0 Å². The van der Waals surface area contributed by atoms with Crippen LogP contribution >= 0.6 is 31.8 Å². The maximum Gasteiger partial charge on any atom is 0.0696 e. The minimum absolute atomic E-state index is 0.521. The molecule has 0 saturated heterocycles. The molecule has 12 heavy (non-hydrogen) atoms. The Hall–Kier alpha value is 0.440. The van der Waals surface area contributed by atoms with Crippen molar-refractivity contribution in [2.45, 2.75) is 13.8 Å². The molecule has 0 bridgehead atoms. The van der Waals surface area contributed by atoms with Gasteiger partial charge in [-0.3, -0.25) is 0 Å². The Morgan fingerprint density at radius 2 is 2.25 bits per heavy atom.